The summed E-state index contributed by atoms with van der Waals surface area (Å²) in [5.74, 6) is 0.807. The number of hydrogen-bond acceptors (Lipinski definition) is 3. The molecule has 1 heterocycles. The molecule has 1 saturated heterocycles. The van der Waals surface area contributed by atoms with Crippen molar-refractivity contribution in [3.8, 4) is 5.75 Å². The fourth-order valence-electron chi connectivity index (χ4n) is 2.33. The summed E-state index contributed by atoms with van der Waals surface area (Å²) in [7, 11) is 1.66. The number of nitrogens with one attached hydrogen (secondary N) is 2. The predicted molar refractivity (Wildman–Crippen MR) is 101 cm³/mol. The van der Waals surface area contributed by atoms with Gasteiger partial charge in [-0.1, -0.05) is 12.1 Å². The average molecular weight is 473 g/mol. The summed E-state index contributed by atoms with van der Waals surface area (Å²) in [5.41, 5.74) is 0.801. The lowest BCUT2D eigenvalue weighted by Crippen LogP contribution is -2.40. The lowest BCUT2D eigenvalue weighted by molar-refractivity contribution is -0.153. The van der Waals surface area contributed by atoms with Gasteiger partial charge in [-0.3, -0.25) is 4.99 Å². The first-order valence-corrected chi connectivity index (χ1v) is 7.81. The normalized spacial score (nSPS) is 17.8. The lowest BCUT2D eigenvalue weighted by Gasteiger charge is -2.15. The van der Waals surface area contributed by atoms with Gasteiger partial charge < -0.3 is 20.1 Å². The van der Waals surface area contributed by atoms with E-state index in [1.807, 2.05) is 0 Å². The molecule has 1 aliphatic rings. The van der Waals surface area contributed by atoms with Crippen LogP contribution in [0.5, 0.6) is 5.75 Å². The van der Waals surface area contributed by atoms with Crippen molar-refractivity contribution in [2.75, 3.05) is 26.8 Å². The summed E-state index contributed by atoms with van der Waals surface area (Å²) in [5, 5.41) is 6.29. The van der Waals surface area contributed by atoms with Crippen molar-refractivity contribution in [1.29, 1.82) is 0 Å². The second kappa shape index (κ2) is 10.7. The molecule has 0 spiro atoms. The molecule has 2 N–H and O–H groups in total. The Morgan fingerprint density at radius 1 is 1.36 bits per heavy atom. The first-order chi connectivity index (χ1) is 11.5. The van der Waals surface area contributed by atoms with Gasteiger partial charge in [0.2, 0.25) is 0 Å². The lowest BCUT2D eigenvalue weighted by atomic mass is 10.2. The third-order valence-electron chi connectivity index (χ3n) is 3.51. The standard InChI is InChI=1S/C16H22F3N3O2.HI/c1-20-15(22-10-14-6-3-7-23-14)21-9-12-4-2-5-13(8-12)24-11-16(17,18)19;/h2,4-5,8,14H,3,6-7,9-11H2,1H3,(H2,20,21,22);1H. The number of alkyl halides is 3. The summed E-state index contributed by atoms with van der Waals surface area (Å²) < 4.78 is 46.8. The van der Waals surface area contributed by atoms with Gasteiger partial charge in [-0.05, 0) is 30.5 Å². The van der Waals surface area contributed by atoms with E-state index in [9.17, 15) is 13.2 Å². The van der Waals surface area contributed by atoms with Crippen molar-refractivity contribution >= 4 is 29.9 Å². The van der Waals surface area contributed by atoms with Crippen molar-refractivity contribution in [1.82, 2.24) is 10.6 Å². The fourth-order valence-corrected chi connectivity index (χ4v) is 2.33. The number of halogens is 4. The van der Waals surface area contributed by atoms with E-state index in [4.69, 9.17) is 9.47 Å². The second-order valence-corrected chi connectivity index (χ2v) is 5.49. The number of guanidine groups is 1. The largest absolute Gasteiger partial charge is 0.484 e. The molecule has 1 unspecified atom stereocenters. The molecule has 0 bridgehead atoms. The van der Waals surface area contributed by atoms with Crippen molar-refractivity contribution in [2.45, 2.75) is 31.7 Å². The SMILES string of the molecule is CN=C(NCc1cccc(OCC(F)(F)F)c1)NCC1CCCO1.I. The van der Waals surface area contributed by atoms with Crippen LogP contribution in [0.4, 0.5) is 13.2 Å². The van der Waals surface area contributed by atoms with Crippen LogP contribution in [0.2, 0.25) is 0 Å². The number of aliphatic imine (C=N–C) groups is 1. The maximum absolute atomic E-state index is 12.2. The zero-order valence-electron chi connectivity index (χ0n) is 13.9. The number of rotatable bonds is 6. The summed E-state index contributed by atoms with van der Waals surface area (Å²) in [6, 6.07) is 6.54. The molecule has 0 radical (unpaired) electrons. The van der Waals surface area contributed by atoms with Gasteiger partial charge in [-0.2, -0.15) is 13.2 Å². The third kappa shape index (κ3) is 8.61. The Hall–Kier alpha value is -1.23. The quantitative estimate of drug-likeness (QED) is 0.379. The van der Waals surface area contributed by atoms with Crippen LogP contribution in [0.15, 0.2) is 29.3 Å². The topological polar surface area (TPSA) is 54.9 Å². The van der Waals surface area contributed by atoms with Gasteiger partial charge in [0.25, 0.3) is 0 Å². The van der Waals surface area contributed by atoms with Gasteiger partial charge >= 0.3 is 6.18 Å². The Kier molecular flexibility index (Phi) is 9.33. The van der Waals surface area contributed by atoms with Crippen LogP contribution < -0.4 is 15.4 Å². The Morgan fingerprint density at radius 3 is 2.80 bits per heavy atom. The Balaban J connectivity index is 0.00000312. The monoisotopic (exact) mass is 473 g/mol. The van der Waals surface area contributed by atoms with Gasteiger partial charge in [0.1, 0.15) is 5.75 Å². The molecule has 9 heteroatoms. The van der Waals surface area contributed by atoms with Crippen molar-refractivity contribution < 1.29 is 22.6 Å². The maximum Gasteiger partial charge on any atom is 0.422 e. The van der Waals surface area contributed by atoms with E-state index in [-0.39, 0.29) is 35.8 Å². The van der Waals surface area contributed by atoms with E-state index in [1.165, 1.54) is 6.07 Å². The Morgan fingerprint density at radius 2 is 2.16 bits per heavy atom. The minimum absolute atomic E-state index is 0. The van der Waals surface area contributed by atoms with Crippen LogP contribution in [-0.4, -0.2) is 45.0 Å². The number of nitrogens with zero attached hydrogens (tertiary/aromatic N) is 1. The summed E-state index contributed by atoms with van der Waals surface area (Å²) in [6.07, 6.45) is -2.04. The van der Waals surface area contributed by atoms with Crippen LogP contribution in [0.3, 0.4) is 0 Å². The van der Waals surface area contributed by atoms with E-state index in [1.54, 1.807) is 25.2 Å². The van der Waals surface area contributed by atoms with E-state index in [0.29, 0.717) is 19.0 Å². The molecule has 1 fully saturated rings. The minimum atomic E-state index is -4.34. The second-order valence-electron chi connectivity index (χ2n) is 5.49. The zero-order valence-corrected chi connectivity index (χ0v) is 16.3. The van der Waals surface area contributed by atoms with Crippen molar-refractivity contribution in [3.63, 3.8) is 0 Å². The molecule has 25 heavy (non-hydrogen) atoms. The smallest absolute Gasteiger partial charge is 0.422 e. The van der Waals surface area contributed by atoms with Crippen LogP contribution in [0.1, 0.15) is 18.4 Å². The summed E-state index contributed by atoms with van der Waals surface area (Å²) in [4.78, 5) is 4.11. The molecule has 0 aliphatic carbocycles. The van der Waals surface area contributed by atoms with E-state index < -0.39 is 12.8 Å². The highest BCUT2D eigenvalue weighted by Gasteiger charge is 2.28. The Bertz CT molecular complexity index is 550. The first kappa shape index (κ1) is 21.8. The van der Waals surface area contributed by atoms with Crippen LogP contribution in [-0.2, 0) is 11.3 Å². The molecule has 1 aliphatic heterocycles. The van der Waals surface area contributed by atoms with E-state index in [2.05, 4.69) is 15.6 Å². The van der Waals surface area contributed by atoms with Gasteiger partial charge in [-0.15, -0.1) is 24.0 Å². The molecule has 2 rings (SSSR count). The predicted octanol–water partition coefficient (Wildman–Crippen LogP) is 3.09. The van der Waals surface area contributed by atoms with Crippen LogP contribution in [0.25, 0.3) is 0 Å². The zero-order chi connectivity index (χ0) is 17.4. The third-order valence-corrected chi connectivity index (χ3v) is 3.51. The highest BCUT2D eigenvalue weighted by atomic mass is 127. The average Bonchev–Trinajstić information content (AvgIpc) is 3.06. The number of benzene rings is 1. The van der Waals surface area contributed by atoms with Gasteiger partial charge in [0, 0.05) is 26.7 Å². The molecule has 1 aromatic rings. The molecule has 5 nitrogen and oxygen atoms in total. The first-order valence-electron chi connectivity index (χ1n) is 7.81. The highest BCUT2D eigenvalue weighted by molar-refractivity contribution is 14.0. The molecule has 0 amide bonds. The van der Waals surface area contributed by atoms with E-state index in [0.717, 1.165) is 25.0 Å². The fraction of sp³-hybridized carbons (Fsp3) is 0.562. The molecule has 0 aromatic heterocycles. The molecular weight excluding hydrogens is 450 g/mol. The summed E-state index contributed by atoms with van der Waals surface area (Å²) >= 11 is 0. The maximum atomic E-state index is 12.2. The molecule has 0 saturated carbocycles. The molecule has 142 valence electrons. The number of hydrogen-bond donors (Lipinski definition) is 2. The highest BCUT2D eigenvalue weighted by Crippen LogP contribution is 2.19. The van der Waals surface area contributed by atoms with Gasteiger partial charge in [0.05, 0.1) is 6.10 Å². The summed E-state index contributed by atoms with van der Waals surface area (Å²) in [6.45, 7) is 0.598. The molecule has 1 aromatic carbocycles. The minimum Gasteiger partial charge on any atom is -0.484 e. The van der Waals surface area contributed by atoms with Crippen LogP contribution in [0, 0.1) is 0 Å². The molecular formula is C16H23F3IN3O2. The van der Waals surface area contributed by atoms with E-state index >= 15 is 0 Å². The molecule has 1 atom stereocenters. The van der Waals surface area contributed by atoms with Crippen molar-refractivity contribution in [2.24, 2.45) is 4.99 Å². The van der Waals surface area contributed by atoms with Crippen molar-refractivity contribution in [3.05, 3.63) is 29.8 Å². The number of ether oxygens (including phenoxy) is 2. The van der Waals surface area contributed by atoms with Crippen LogP contribution >= 0.6 is 24.0 Å². The Labute approximate surface area is 162 Å². The van der Waals surface area contributed by atoms with Gasteiger partial charge in [0.15, 0.2) is 12.6 Å². The van der Waals surface area contributed by atoms with Gasteiger partial charge in [-0.25, -0.2) is 0 Å².